The molecule has 2 nitrogen and oxygen atoms in total. The summed E-state index contributed by atoms with van der Waals surface area (Å²) < 4.78 is 1.08. The van der Waals surface area contributed by atoms with Gasteiger partial charge in [-0.25, -0.2) is 0 Å². The highest BCUT2D eigenvalue weighted by Crippen LogP contribution is 2.21. The van der Waals surface area contributed by atoms with Crippen molar-refractivity contribution in [1.29, 1.82) is 0 Å². The van der Waals surface area contributed by atoms with Crippen molar-refractivity contribution in [2.24, 2.45) is 0 Å². The minimum absolute atomic E-state index is 0. The van der Waals surface area contributed by atoms with Gasteiger partial charge < -0.3 is 5.32 Å². The summed E-state index contributed by atoms with van der Waals surface area (Å²) in [5, 5.41) is 3.43. The summed E-state index contributed by atoms with van der Waals surface area (Å²) in [6.45, 7) is 12.4. The average Bonchev–Trinajstić information content (AvgIpc) is 2.36. The van der Waals surface area contributed by atoms with Crippen molar-refractivity contribution in [2.45, 2.75) is 20.8 Å². The number of rotatable bonds is 7. The first-order chi connectivity index (χ1) is 7.79. The fourth-order valence-electron chi connectivity index (χ4n) is 2.25. The largest absolute Gasteiger partial charge is 0.312 e. The third-order valence-electron chi connectivity index (χ3n) is 3.48. The van der Waals surface area contributed by atoms with Crippen LogP contribution in [-0.4, -0.2) is 32.7 Å². The van der Waals surface area contributed by atoms with Crippen molar-refractivity contribution in [3.63, 3.8) is 0 Å². The van der Waals surface area contributed by atoms with Crippen LogP contribution in [0.2, 0.25) is 0 Å². The van der Waals surface area contributed by atoms with Crippen LogP contribution in [-0.2, 0) is 0 Å². The lowest BCUT2D eigenvalue weighted by Gasteiger charge is -2.36. The maximum absolute atomic E-state index is 3.43. The molecule has 0 aliphatic heterocycles. The number of hydrogen-bond acceptors (Lipinski definition) is 1. The molecule has 0 saturated heterocycles. The molecule has 3 heteroatoms. The molecule has 17 heavy (non-hydrogen) atoms. The zero-order valence-corrected chi connectivity index (χ0v) is 12.1. The van der Waals surface area contributed by atoms with Crippen molar-refractivity contribution in [1.82, 2.24) is 9.80 Å². The van der Waals surface area contributed by atoms with E-state index >= 15 is 0 Å². The maximum atomic E-state index is 3.43. The molecule has 0 atom stereocenters. The van der Waals surface area contributed by atoms with E-state index in [1.807, 2.05) is 0 Å². The van der Waals surface area contributed by atoms with Crippen LogP contribution in [0.3, 0.4) is 0 Å². The molecule has 0 aromatic heterocycles. The first-order valence-corrected chi connectivity index (χ1v) is 6.41. The van der Waals surface area contributed by atoms with E-state index in [4.69, 9.17) is 0 Å². The van der Waals surface area contributed by atoms with E-state index in [1.54, 1.807) is 0 Å². The van der Waals surface area contributed by atoms with Gasteiger partial charge in [-0.3, -0.25) is 4.48 Å². The number of nitrogens with zero attached hydrogens (tertiary/aromatic N) is 1. The molecular formula is C14H26ClN2+. The van der Waals surface area contributed by atoms with Crippen LogP contribution < -0.4 is 9.80 Å². The van der Waals surface area contributed by atoms with E-state index in [0.717, 1.165) is 30.7 Å². The molecule has 1 aromatic carbocycles. The second-order valence-electron chi connectivity index (χ2n) is 4.19. The Labute approximate surface area is 112 Å². The summed E-state index contributed by atoms with van der Waals surface area (Å²) in [6, 6.07) is 10.9. The minimum Gasteiger partial charge on any atom is -0.312 e. The van der Waals surface area contributed by atoms with Crippen molar-refractivity contribution in [3.8, 4) is 0 Å². The summed E-state index contributed by atoms with van der Waals surface area (Å²) in [7, 11) is 0. The molecule has 1 N–H and O–H groups in total. The van der Waals surface area contributed by atoms with Gasteiger partial charge in [-0.2, -0.15) is 0 Å². The monoisotopic (exact) mass is 257 g/mol. The maximum Gasteiger partial charge on any atom is 0.132 e. The third-order valence-corrected chi connectivity index (χ3v) is 3.48. The minimum atomic E-state index is 0. The van der Waals surface area contributed by atoms with E-state index < -0.39 is 0 Å². The summed E-state index contributed by atoms with van der Waals surface area (Å²) in [5.41, 5.74) is 1.44. The fraction of sp³-hybridized carbons (Fsp3) is 0.571. The van der Waals surface area contributed by atoms with Crippen molar-refractivity contribution < 1.29 is 0 Å². The van der Waals surface area contributed by atoms with E-state index in [0.29, 0.717) is 0 Å². The van der Waals surface area contributed by atoms with Gasteiger partial charge in [0.2, 0.25) is 0 Å². The van der Waals surface area contributed by atoms with Crippen LogP contribution in [0, 0.1) is 0 Å². The number of quaternary nitrogens is 1. The van der Waals surface area contributed by atoms with Gasteiger partial charge in [0.1, 0.15) is 5.69 Å². The molecule has 1 rings (SSSR count). The molecule has 0 heterocycles. The number of hydrogen-bond donors (Lipinski definition) is 1. The lowest BCUT2D eigenvalue weighted by atomic mass is 10.2. The van der Waals surface area contributed by atoms with E-state index in [1.165, 1.54) is 12.2 Å². The number of para-hydroxylation sites is 1. The third kappa shape index (κ3) is 4.30. The summed E-state index contributed by atoms with van der Waals surface area (Å²) in [4.78, 5) is 0. The molecule has 0 aliphatic carbocycles. The topological polar surface area (TPSA) is 12.0 Å². The quantitative estimate of drug-likeness (QED) is 0.585. The Bertz CT molecular complexity index is 284. The summed E-state index contributed by atoms with van der Waals surface area (Å²) >= 11 is 0. The van der Waals surface area contributed by atoms with Crippen LogP contribution in [0.4, 0.5) is 5.69 Å². The SMILES string of the molecule is CCNCC[N+](CC)(CC)c1ccccc1.Cl. The molecular weight excluding hydrogens is 232 g/mol. The first-order valence-electron chi connectivity index (χ1n) is 6.41. The molecule has 98 valence electrons. The zero-order valence-electron chi connectivity index (χ0n) is 11.3. The number of likely N-dealkylation sites (N-methyl/N-ethyl adjacent to an activating group) is 2. The van der Waals surface area contributed by atoms with Crippen molar-refractivity contribution >= 4 is 18.1 Å². The van der Waals surface area contributed by atoms with Gasteiger partial charge >= 0.3 is 0 Å². The Hall–Kier alpha value is -0.570. The van der Waals surface area contributed by atoms with Crippen molar-refractivity contribution in [3.05, 3.63) is 30.3 Å². The smallest absolute Gasteiger partial charge is 0.132 e. The molecule has 1 aromatic rings. The fourth-order valence-corrected chi connectivity index (χ4v) is 2.25. The van der Waals surface area contributed by atoms with Gasteiger partial charge in [0.25, 0.3) is 0 Å². The van der Waals surface area contributed by atoms with Gasteiger partial charge in [0.15, 0.2) is 0 Å². The van der Waals surface area contributed by atoms with Crippen LogP contribution in [0.1, 0.15) is 20.8 Å². The van der Waals surface area contributed by atoms with Crippen LogP contribution in [0.25, 0.3) is 0 Å². The Kier molecular flexibility index (Phi) is 8.23. The Morgan fingerprint density at radius 2 is 1.59 bits per heavy atom. The lowest BCUT2D eigenvalue weighted by Crippen LogP contribution is -2.52. The average molecular weight is 258 g/mol. The molecule has 0 bridgehead atoms. The van der Waals surface area contributed by atoms with E-state index in [9.17, 15) is 0 Å². The first kappa shape index (κ1) is 16.4. The molecule has 0 amide bonds. The molecule has 0 unspecified atom stereocenters. The Morgan fingerprint density at radius 3 is 2.06 bits per heavy atom. The lowest BCUT2D eigenvalue weighted by molar-refractivity contribution is 0.299. The summed E-state index contributed by atoms with van der Waals surface area (Å²) in [5.74, 6) is 0. The van der Waals surface area contributed by atoms with Gasteiger partial charge in [-0.1, -0.05) is 25.1 Å². The normalized spacial score (nSPS) is 11.0. The zero-order chi connectivity index (χ0) is 11.9. The second kappa shape index (κ2) is 8.51. The van der Waals surface area contributed by atoms with Gasteiger partial charge in [-0.05, 0) is 32.5 Å². The van der Waals surface area contributed by atoms with Gasteiger partial charge in [0.05, 0.1) is 19.6 Å². The highest BCUT2D eigenvalue weighted by Gasteiger charge is 2.25. The van der Waals surface area contributed by atoms with Crippen LogP contribution in [0.15, 0.2) is 30.3 Å². The van der Waals surface area contributed by atoms with Gasteiger partial charge in [0, 0.05) is 6.54 Å². The highest BCUT2D eigenvalue weighted by molar-refractivity contribution is 5.85. The predicted molar refractivity (Wildman–Crippen MR) is 80.0 cm³/mol. The van der Waals surface area contributed by atoms with E-state index in [2.05, 4.69) is 56.4 Å². The van der Waals surface area contributed by atoms with Gasteiger partial charge in [-0.15, -0.1) is 12.4 Å². The number of halogens is 1. The standard InChI is InChI=1S/C14H25N2.ClH/c1-4-15-12-13-16(5-2,6-3)14-10-8-7-9-11-14;/h7-11,15H,4-6,12-13H2,1-3H3;1H/q+1;. The molecule has 0 saturated carbocycles. The predicted octanol–water partition coefficient (Wildman–Crippen LogP) is 3.07. The molecule has 0 spiro atoms. The number of nitrogens with one attached hydrogen (secondary N) is 1. The van der Waals surface area contributed by atoms with Crippen LogP contribution in [0.5, 0.6) is 0 Å². The second-order valence-corrected chi connectivity index (χ2v) is 4.19. The molecule has 0 aliphatic rings. The Balaban J connectivity index is 0.00000256. The highest BCUT2D eigenvalue weighted by atomic mass is 35.5. The van der Waals surface area contributed by atoms with E-state index in [-0.39, 0.29) is 12.4 Å². The Morgan fingerprint density at radius 1 is 1.00 bits per heavy atom. The van der Waals surface area contributed by atoms with Crippen molar-refractivity contribution in [2.75, 3.05) is 32.7 Å². The summed E-state index contributed by atoms with van der Waals surface area (Å²) in [6.07, 6.45) is 0. The van der Waals surface area contributed by atoms with Crippen LogP contribution >= 0.6 is 12.4 Å². The molecule has 0 radical (unpaired) electrons. The number of benzene rings is 1. The molecule has 0 fully saturated rings.